The minimum Gasteiger partial charge on any atom is -0.497 e. The smallest absolute Gasteiger partial charge is 0.208 e. The van der Waals surface area contributed by atoms with E-state index in [2.05, 4.69) is 28.1 Å². The summed E-state index contributed by atoms with van der Waals surface area (Å²) in [5, 5.41) is 14.4. The Morgan fingerprint density at radius 2 is 1.59 bits per heavy atom. The highest BCUT2D eigenvalue weighted by Crippen LogP contribution is 2.50. The minimum absolute atomic E-state index is 0.0592. The number of rotatable bonds is 5. The number of benzene rings is 3. The lowest BCUT2D eigenvalue weighted by Crippen LogP contribution is -2.56. The molecule has 2 aliphatic heterocycles. The first-order chi connectivity index (χ1) is 16.5. The monoisotopic (exact) mass is 534 g/mol. The first kappa shape index (κ1) is 22.7. The van der Waals surface area contributed by atoms with Gasteiger partial charge in [-0.05, 0) is 72.3 Å². The number of ketones is 1. The van der Waals surface area contributed by atoms with E-state index < -0.39 is 4.99 Å². The second-order valence-corrected chi connectivity index (χ2v) is 10.2. The van der Waals surface area contributed by atoms with E-state index in [1.165, 1.54) is 11.8 Å². The van der Waals surface area contributed by atoms with Gasteiger partial charge in [0.25, 0.3) is 0 Å². The number of hydrogen-bond acceptors (Lipinski definition) is 7. The first-order valence-electron chi connectivity index (χ1n) is 10.9. The van der Waals surface area contributed by atoms with Crippen LogP contribution in [0.25, 0.3) is 0 Å². The molecular weight excluding hydrogens is 512 g/mol. The standard InChI is InChI=1S/C26H23BrN4O2S/c1-18(32)25-29-31(22-12-14-23(33-2)15-13-22)26(34-25)17-16-24(19-8-10-20(27)11-9-19)28-30(26)21-6-4-3-5-7-21/h3-15H,16-17H2,1-2H3/t26-/m0/s1. The summed E-state index contributed by atoms with van der Waals surface area (Å²) in [6.07, 6.45) is 1.46. The Morgan fingerprint density at radius 1 is 0.941 bits per heavy atom. The second-order valence-electron chi connectivity index (χ2n) is 8.02. The predicted octanol–water partition coefficient (Wildman–Crippen LogP) is 6.27. The topological polar surface area (TPSA) is 57.5 Å². The van der Waals surface area contributed by atoms with Crippen molar-refractivity contribution in [2.75, 3.05) is 17.1 Å². The fourth-order valence-corrected chi connectivity index (χ4v) is 5.62. The maximum atomic E-state index is 12.5. The van der Waals surface area contributed by atoms with Crippen LogP contribution in [0.4, 0.5) is 11.4 Å². The molecule has 0 amide bonds. The fraction of sp³-hybridized carbons (Fsp3) is 0.192. The molecule has 0 aliphatic carbocycles. The van der Waals surface area contributed by atoms with Crippen LogP contribution in [0, 0.1) is 0 Å². The van der Waals surface area contributed by atoms with Gasteiger partial charge < -0.3 is 4.74 Å². The number of thioether (sulfide) groups is 1. The van der Waals surface area contributed by atoms with Crippen LogP contribution in [0.5, 0.6) is 5.75 Å². The summed E-state index contributed by atoms with van der Waals surface area (Å²) >= 11 is 4.98. The summed E-state index contributed by atoms with van der Waals surface area (Å²) in [4.78, 5) is 11.7. The number of para-hydroxylation sites is 1. The number of ether oxygens (including phenoxy) is 1. The highest BCUT2D eigenvalue weighted by Gasteiger charge is 2.52. The number of carbonyl (C=O) groups is 1. The summed E-state index contributed by atoms with van der Waals surface area (Å²) in [5.41, 5.74) is 3.87. The molecule has 34 heavy (non-hydrogen) atoms. The molecule has 3 aromatic carbocycles. The van der Waals surface area contributed by atoms with Gasteiger partial charge in [0, 0.05) is 17.8 Å². The van der Waals surface area contributed by atoms with Crippen molar-refractivity contribution < 1.29 is 9.53 Å². The molecule has 0 unspecified atom stereocenters. The van der Waals surface area contributed by atoms with Crippen molar-refractivity contribution in [3.63, 3.8) is 0 Å². The average Bonchev–Trinajstić information content (AvgIpc) is 3.25. The van der Waals surface area contributed by atoms with Crippen molar-refractivity contribution in [2.24, 2.45) is 10.2 Å². The molecule has 1 atom stereocenters. The number of anilines is 2. The fourth-order valence-electron chi connectivity index (χ4n) is 4.11. The van der Waals surface area contributed by atoms with Crippen LogP contribution in [-0.2, 0) is 4.79 Å². The van der Waals surface area contributed by atoms with Crippen LogP contribution in [0.15, 0.2) is 93.5 Å². The second kappa shape index (κ2) is 9.27. The molecule has 0 saturated carbocycles. The Hall–Kier alpha value is -3.10. The Kier molecular flexibility index (Phi) is 6.18. The van der Waals surface area contributed by atoms with Crippen molar-refractivity contribution in [3.05, 3.63) is 88.9 Å². The van der Waals surface area contributed by atoms with Crippen LogP contribution in [0.1, 0.15) is 25.3 Å². The normalized spacial score (nSPS) is 19.7. The summed E-state index contributed by atoms with van der Waals surface area (Å²) in [7, 11) is 1.64. The largest absolute Gasteiger partial charge is 0.497 e. The van der Waals surface area contributed by atoms with Crippen molar-refractivity contribution in [2.45, 2.75) is 24.8 Å². The molecule has 0 saturated heterocycles. The molecule has 172 valence electrons. The maximum absolute atomic E-state index is 12.5. The van der Waals surface area contributed by atoms with Crippen LogP contribution >= 0.6 is 27.7 Å². The number of Topliss-reactive ketones (excluding diaryl/α,β-unsaturated/α-hetero) is 1. The molecule has 0 aromatic heterocycles. The molecule has 2 aliphatic rings. The highest BCUT2D eigenvalue weighted by molar-refractivity contribution is 9.10. The van der Waals surface area contributed by atoms with Gasteiger partial charge in [0.05, 0.1) is 24.2 Å². The van der Waals surface area contributed by atoms with Crippen LogP contribution in [0.2, 0.25) is 0 Å². The lowest BCUT2D eigenvalue weighted by Gasteiger charge is -2.46. The van der Waals surface area contributed by atoms with Gasteiger partial charge in [-0.1, -0.05) is 46.3 Å². The molecule has 0 N–H and O–H groups in total. The van der Waals surface area contributed by atoms with E-state index in [-0.39, 0.29) is 5.78 Å². The number of nitrogens with zero attached hydrogens (tertiary/aromatic N) is 4. The van der Waals surface area contributed by atoms with Gasteiger partial charge in [-0.15, -0.1) is 0 Å². The van der Waals surface area contributed by atoms with Gasteiger partial charge in [-0.25, -0.2) is 10.0 Å². The van der Waals surface area contributed by atoms with E-state index in [0.29, 0.717) is 11.5 Å². The van der Waals surface area contributed by atoms with Crippen molar-refractivity contribution >= 4 is 55.6 Å². The Balaban J connectivity index is 1.64. The number of hydrogen-bond donors (Lipinski definition) is 0. The Bertz CT molecular complexity index is 1260. The molecule has 0 radical (unpaired) electrons. The maximum Gasteiger partial charge on any atom is 0.208 e. The summed E-state index contributed by atoms with van der Waals surface area (Å²) < 4.78 is 6.37. The van der Waals surface area contributed by atoms with Crippen LogP contribution < -0.4 is 14.8 Å². The van der Waals surface area contributed by atoms with E-state index in [4.69, 9.17) is 14.9 Å². The third-order valence-electron chi connectivity index (χ3n) is 5.82. The van der Waals surface area contributed by atoms with Gasteiger partial charge in [0.15, 0.2) is 10.8 Å². The lowest BCUT2D eigenvalue weighted by atomic mass is 10.0. The number of carbonyl (C=O) groups excluding carboxylic acids is 1. The number of methoxy groups -OCH3 is 1. The Morgan fingerprint density at radius 3 is 2.24 bits per heavy atom. The molecule has 0 bridgehead atoms. The predicted molar refractivity (Wildman–Crippen MR) is 143 cm³/mol. The minimum atomic E-state index is -0.712. The Labute approximate surface area is 211 Å². The molecule has 0 fully saturated rings. The first-order valence-corrected chi connectivity index (χ1v) is 12.5. The summed E-state index contributed by atoms with van der Waals surface area (Å²) in [6, 6.07) is 26.0. The zero-order valence-corrected chi connectivity index (χ0v) is 21.2. The van der Waals surface area contributed by atoms with Crippen LogP contribution in [0.3, 0.4) is 0 Å². The van der Waals surface area contributed by atoms with Gasteiger partial charge >= 0.3 is 0 Å². The van der Waals surface area contributed by atoms with Gasteiger partial charge in [0.1, 0.15) is 5.75 Å². The number of hydrazone groups is 2. The zero-order chi connectivity index (χ0) is 23.7. The molecule has 5 rings (SSSR count). The van der Waals surface area contributed by atoms with Gasteiger partial charge in [-0.3, -0.25) is 4.79 Å². The molecule has 8 heteroatoms. The quantitative estimate of drug-likeness (QED) is 0.386. The summed E-state index contributed by atoms with van der Waals surface area (Å²) in [6.45, 7) is 1.56. The average molecular weight is 535 g/mol. The van der Waals surface area contributed by atoms with Crippen molar-refractivity contribution in [1.29, 1.82) is 0 Å². The summed E-state index contributed by atoms with van der Waals surface area (Å²) in [5.74, 6) is 0.704. The van der Waals surface area contributed by atoms with E-state index in [1.54, 1.807) is 14.0 Å². The van der Waals surface area contributed by atoms with E-state index in [9.17, 15) is 4.79 Å². The van der Waals surface area contributed by atoms with E-state index >= 15 is 0 Å². The molecule has 2 heterocycles. The molecular formula is C26H23BrN4O2S. The molecule has 6 nitrogen and oxygen atoms in total. The highest BCUT2D eigenvalue weighted by atomic mass is 79.9. The van der Waals surface area contributed by atoms with E-state index in [0.717, 1.165) is 39.3 Å². The number of halogens is 1. The van der Waals surface area contributed by atoms with Crippen molar-refractivity contribution in [1.82, 2.24) is 0 Å². The SMILES string of the molecule is COc1ccc(N2N=C(C(C)=O)S[C@]23CCC(c2ccc(Br)cc2)=NN3c2ccccc2)cc1. The molecule has 3 aromatic rings. The third-order valence-corrected chi connectivity index (χ3v) is 7.79. The lowest BCUT2D eigenvalue weighted by molar-refractivity contribution is -0.110. The van der Waals surface area contributed by atoms with Gasteiger partial charge in [0.2, 0.25) is 4.99 Å². The van der Waals surface area contributed by atoms with Gasteiger partial charge in [-0.2, -0.15) is 10.2 Å². The van der Waals surface area contributed by atoms with Crippen LogP contribution in [-0.4, -0.2) is 28.6 Å². The van der Waals surface area contributed by atoms with E-state index in [1.807, 2.05) is 76.7 Å². The molecule has 1 spiro atoms. The van der Waals surface area contributed by atoms with Crippen molar-refractivity contribution in [3.8, 4) is 5.75 Å². The zero-order valence-electron chi connectivity index (χ0n) is 18.8. The third kappa shape index (κ3) is 4.12.